The minimum Gasteiger partial charge on any atom is -0.394 e. The molecule has 67 heavy (non-hydrogen) atoms. The van der Waals surface area contributed by atoms with E-state index in [9.17, 15) is 15.0 Å². The van der Waals surface area contributed by atoms with Gasteiger partial charge in [-0.1, -0.05) is 263 Å². The monoisotopic (exact) mass is 924 g/mol. The third kappa shape index (κ3) is 53.4. The Morgan fingerprint density at radius 3 is 1.04 bits per heavy atom. The van der Waals surface area contributed by atoms with Crippen LogP contribution in [0.4, 0.5) is 0 Å². The summed E-state index contributed by atoms with van der Waals surface area (Å²) >= 11 is 0. The van der Waals surface area contributed by atoms with E-state index >= 15 is 0 Å². The number of rotatable bonds is 49. The summed E-state index contributed by atoms with van der Waals surface area (Å²) in [6, 6.07) is -0.652. The number of allylic oxidation sites excluding steroid dienone is 21. The molecule has 2 atom stereocenters. The van der Waals surface area contributed by atoms with Crippen LogP contribution >= 0.6 is 0 Å². The van der Waals surface area contributed by atoms with Gasteiger partial charge in [0.15, 0.2) is 0 Å². The summed E-state index contributed by atoms with van der Waals surface area (Å²) in [5.41, 5.74) is 0. The molecule has 2 unspecified atom stereocenters. The minimum absolute atomic E-state index is 0.0853. The van der Waals surface area contributed by atoms with E-state index in [1.165, 1.54) is 122 Å². The number of hydrogen-bond donors (Lipinski definition) is 3. The first-order valence-electron chi connectivity index (χ1n) is 27.9. The number of amides is 1. The predicted octanol–water partition coefficient (Wildman–Crippen LogP) is 18.6. The molecule has 380 valence electrons. The van der Waals surface area contributed by atoms with Crippen molar-refractivity contribution in [2.75, 3.05) is 6.61 Å². The van der Waals surface area contributed by atoms with Crippen molar-refractivity contribution >= 4 is 5.91 Å². The molecule has 3 N–H and O–H groups in total. The van der Waals surface area contributed by atoms with Gasteiger partial charge in [0.2, 0.25) is 5.91 Å². The summed E-state index contributed by atoms with van der Waals surface area (Å²) < 4.78 is 0. The summed E-state index contributed by atoms with van der Waals surface area (Å²) in [5.74, 6) is -0.0853. The summed E-state index contributed by atoms with van der Waals surface area (Å²) in [6.45, 7) is 4.18. The number of aliphatic hydroxyl groups is 2. The molecule has 0 aliphatic heterocycles. The average Bonchev–Trinajstić information content (AvgIpc) is 3.33. The number of unbranched alkanes of at least 4 members (excludes halogenated alkanes) is 22. The van der Waals surface area contributed by atoms with Gasteiger partial charge in [-0.15, -0.1) is 0 Å². The van der Waals surface area contributed by atoms with E-state index in [0.29, 0.717) is 6.42 Å². The molecule has 0 radical (unpaired) electrons. The highest BCUT2D eigenvalue weighted by Crippen LogP contribution is 2.14. The van der Waals surface area contributed by atoms with Crippen LogP contribution in [0.25, 0.3) is 0 Å². The molecule has 0 aliphatic carbocycles. The zero-order valence-corrected chi connectivity index (χ0v) is 43.6. The molecule has 0 spiro atoms. The first-order valence-corrected chi connectivity index (χ1v) is 27.9. The largest absolute Gasteiger partial charge is 0.394 e. The smallest absolute Gasteiger partial charge is 0.220 e. The zero-order chi connectivity index (χ0) is 48.5. The van der Waals surface area contributed by atoms with Crippen LogP contribution in [0.2, 0.25) is 0 Å². The lowest BCUT2D eigenvalue weighted by Gasteiger charge is -2.19. The van der Waals surface area contributed by atoms with Crippen LogP contribution in [0.15, 0.2) is 134 Å². The highest BCUT2D eigenvalue weighted by Gasteiger charge is 2.17. The van der Waals surface area contributed by atoms with Crippen molar-refractivity contribution in [3.63, 3.8) is 0 Å². The van der Waals surface area contributed by atoms with Crippen molar-refractivity contribution in [1.82, 2.24) is 5.32 Å². The maximum atomic E-state index is 12.5. The van der Waals surface area contributed by atoms with E-state index in [1.54, 1.807) is 6.08 Å². The Kier molecular flexibility index (Phi) is 53.9. The Hall–Kier alpha value is -3.47. The number of hydrogen-bond acceptors (Lipinski definition) is 3. The highest BCUT2D eigenvalue weighted by atomic mass is 16.3. The van der Waals surface area contributed by atoms with Crippen LogP contribution in [-0.4, -0.2) is 34.9 Å². The zero-order valence-electron chi connectivity index (χ0n) is 43.6. The average molecular weight is 925 g/mol. The number of carbonyl (C=O) groups excluding carboxylic acids is 1. The van der Waals surface area contributed by atoms with Crippen LogP contribution < -0.4 is 5.32 Å². The fraction of sp³-hybridized carbons (Fsp3) is 0.635. The van der Waals surface area contributed by atoms with Crippen LogP contribution in [0.3, 0.4) is 0 Å². The van der Waals surface area contributed by atoms with Gasteiger partial charge in [-0.2, -0.15) is 0 Å². The van der Waals surface area contributed by atoms with Crippen LogP contribution in [-0.2, 0) is 4.79 Å². The second-order valence-corrected chi connectivity index (χ2v) is 18.3. The predicted molar refractivity (Wildman–Crippen MR) is 299 cm³/mol. The molecule has 0 heterocycles. The maximum absolute atomic E-state index is 12.5. The minimum atomic E-state index is -0.874. The van der Waals surface area contributed by atoms with Gasteiger partial charge in [0.25, 0.3) is 0 Å². The summed E-state index contributed by atoms with van der Waals surface area (Å²) in [7, 11) is 0. The fourth-order valence-electron chi connectivity index (χ4n) is 7.66. The molecule has 0 fully saturated rings. The molecule has 4 nitrogen and oxygen atoms in total. The van der Waals surface area contributed by atoms with Gasteiger partial charge in [-0.25, -0.2) is 0 Å². The third-order valence-electron chi connectivity index (χ3n) is 11.9. The third-order valence-corrected chi connectivity index (χ3v) is 11.9. The van der Waals surface area contributed by atoms with E-state index in [0.717, 1.165) is 96.3 Å². The second-order valence-electron chi connectivity index (χ2n) is 18.3. The summed E-state index contributed by atoms with van der Waals surface area (Å²) in [6.07, 6.45) is 88.8. The van der Waals surface area contributed by atoms with Gasteiger partial charge in [0, 0.05) is 6.42 Å². The molecule has 0 aliphatic rings. The molecule has 0 bridgehead atoms. The Bertz CT molecular complexity index is 1370. The molecule has 0 aromatic carbocycles. The normalized spacial score (nSPS) is 13.9. The Labute approximate surface area is 415 Å². The molecule has 0 rings (SSSR count). The van der Waals surface area contributed by atoms with Gasteiger partial charge in [-0.3, -0.25) is 4.79 Å². The topological polar surface area (TPSA) is 69.6 Å². The SMILES string of the molecule is CC/C=C\C/C=C\C/C=C\C/C=C\C/C=C\C/C=C\C/C=C\C/C=C\C/C=C\CCCCCCCCCCCC(=O)NC(CO)C(O)/C=C/CC/C=C/CCCCCCCCCCCCCC. The Balaban J connectivity index is 3.65. The van der Waals surface area contributed by atoms with Crippen LogP contribution in [0.5, 0.6) is 0 Å². The van der Waals surface area contributed by atoms with Gasteiger partial charge in [0.05, 0.1) is 18.8 Å². The first-order chi connectivity index (χ1) is 33.2. The van der Waals surface area contributed by atoms with Crippen molar-refractivity contribution < 1.29 is 15.0 Å². The van der Waals surface area contributed by atoms with Gasteiger partial charge in [0.1, 0.15) is 0 Å². The summed E-state index contributed by atoms with van der Waals surface area (Å²) in [4.78, 5) is 12.5. The number of carbonyl (C=O) groups is 1. The van der Waals surface area contributed by atoms with Crippen molar-refractivity contribution in [3.05, 3.63) is 134 Å². The lowest BCUT2D eigenvalue weighted by molar-refractivity contribution is -0.123. The fourth-order valence-corrected chi connectivity index (χ4v) is 7.66. The maximum Gasteiger partial charge on any atom is 0.220 e. The molecule has 0 aromatic rings. The number of aliphatic hydroxyl groups excluding tert-OH is 2. The quantitative estimate of drug-likeness (QED) is 0.0421. The van der Waals surface area contributed by atoms with Gasteiger partial charge < -0.3 is 15.5 Å². The van der Waals surface area contributed by atoms with E-state index in [-0.39, 0.29) is 12.5 Å². The molecular weight excluding hydrogens is 819 g/mol. The van der Waals surface area contributed by atoms with E-state index in [4.69, 9.17) is 0 Å². The van der Waals surface area contributed by atoms with Crippen molar-refractivity contribution in [1.29, 1.82) is 0 Å². The van der Waals surface area contributed by atoms with Crippen LogP contribution in [0, 0.1) is 0 Å². The van der Waals surface area contributed by atoms with E-state index < -0.39 is 12.1 Å². The molecule has 4 heteroatoms. The standard InChI is InChI=1S/C63H105NO3/c1-3-5-7-9-11-13-15-17-19-21-23-24-25-26-27-28-29-30-31-32-33-34-35-36-37-38-39-40-41-43-45-47-49-51-53-55-57-59-63(67)64-61(60-65)62(66)58-56-54-52-50-48-46-44-42-22-20-18-16-14-12-10-8-6-4-2/h5,7,11,13,17,19,23-24,26-27,29-30,32-33,35-36,38-39,48,50,56,58,61-62,65-66H,3-4,6,8-10,12,14-16,18,20-22,25,28,31,34,37,40-47,49,51-55,57,59-60H2,1-2H3,(H,64,67)/b7-5-,13-11-,19-17-,24-23-,27-26-,30-29-,33-32-,36-35-,39-38-,50-48+,58-56+. The Morgan fingerprint density at radius 2 is 0.672 bits per heavy atom. The highest BCUT2D eigenvalue weighted by molar-refractivity contribution is 5.76. The summed E-state index contributed by atoms with van der Waals surface area (Å²) in [5, 5.41) is 23.1. The van der Waals surface area contributed by atoms with Crippen molar-refractivity contribution in [2.45, 2.75) is 251 Å². The van der Waals surface area contributed by atoms with Crippen molar-refractivity contribution in [2.24, 2.45) is 0 Å². The Morgan fingerprint density at radius 1 is 0.373 bits per heavy atom. The molecule has 0 saturated carbocycles. The van der Waals surface area contributed by atoms with Gasteiger partial charge >= 0.3 is 0 Å². The number of nitrogens with one attached hydrogen (secondary N) is 1. The van der Waals surface area contributed by atoms with E-state index in [2.05, 4.69) is 141 Å². The lowest BCUT2D eigenvalue weighted by atomic mass is 10.0. The second kappa shape index (κ2) is 56.9. The molecule has 1 amide bonds. The molecular formula is C63H105NO3. The van der Waals surface area contributed by atoms with Gasteiger partial charge in [-0.05, 0) is 103 Å². The van der Waals surface area contributed by atoms with Crippen molar-refractivity contribution in [3.8, 4) is 0 Å². The molecule has 0 aromatic heterocycles. The van der Waals surface area contributed by atoms with Crippen LogP contribution in [0.1, 0.15) is 239 Å². The lowest BCUT2D eigenvalue weighted by Crippen LogP contribution is -2.45. The van der Waals surface area contributed by atoms with E-state index in [1.807, 2.05) is 6.08 Å². The first kappa shape index (κ1) is 63.5. The molecule has 0 saturated heterocycles.